The number of phenolic OH excluding ortho intramolecular Hbond substituents is 1. The van der Waals surface area contributed by atoms with E-state index in [1.165, 1.54) is 6.08 Å². The quantitative estimate of drug-likeness (QED) is 0.667. The van der Waals surface area contributed by atoms with Crippen molar-refractivity contribution in [3.8, 4) is 22.7 Å². The zero-order valence-electron chi connectivity index (χ0n) is 15.7. The lowest BCUT2D eigenvalue weighted by molar-refractivity contribution is 0.321. The average Bonchev–Trinajstić information content (AvgIpc) is 3.14. The minimum Gasteiger partial charge on any atom is -0.508 e. The number of aromatic nitrogens is 2. The summed E-state index contributed by atoms with van der Waals surface area (Å²) in [5, 5.41) is 13.7. The van der Waals surface area contributed by atoms with E-state index in [1.54, 1.807) is 44.5 Å². The Hall–Kier alpha value is -3.22. The summed E-state index contributed by atoms with van der Waals surface area (Å²) in [5.41, 5.74) is 4.71. The van der Waals surface area contributed by atoms with E-state index in [0.717, 1.165) is 5.56 Å². The van der Waals surface area contributed by atoms with Gasteiger partial charge in [0, 0.05) is 42.2 Å². The van der Waals surface area contributed by atoms with Gasteiger partial charge in [0.15, 0.2) is 6.17 Å². The van der Waals surface area contributed by atoms with Crippen molar-refractivity contribution in [2.75, 3.05) is 7.05 Å². The normalized spacial score (nSPS) is 16.5. The fourth-order valence-corrected chi connectivity index (χ4v) is 3.73. The number of allylic oxidation sites excluding steroid dienone is 1. The maximum absolute atomic E-state index is 14.3. The van der Waals surface area contributed by atoms with Gasteiger partial charge in [0.05, 0.1) is 17.0 Å². The Morgan fingerprint density at radius 1 is 1.29 bits per heavy atom. The van der Waals surface area contributed by atoms with Crippen molar-refractivity contribution in [2.24, 2.45) is 4.99 Å². The highest BCUT2D eigenvalue weighted by molar-refractivity contribution is 5.97. The first-order valence-electron chi connectivity index (χ1n) is 8.86. The predicted molar refractivity (Wildman–Crippen MR) is 104 cm³/mol. The van der Waals surface area contributed by atoms with Crippen LogP contribution < -0.4 is 0 Å². The van der Waals surface area contributed by atoms with E-state index in [9.17, 15) is 13.9 Å². The molecule has 0 bridgehead atoms. The van der Waals surface area contributed by atoms with Crippen molar-refractivity contribution >= 4 is 12.3 Å². The van der Waals surface area contributed by atoms with Crippen LogP contribution in [-0.4, -0.2) is 34.3 Å². The smallest absolute Gasteiger partial charge is 0.157 e. The molecule has 4 rings (SSSR count). The molecule has 1 unspecified atom stereocenters. The first-order chi connectivity index (χ1) is 13.4. The van der Waals surface area contributed by atoms with Crippen molar-refractivity contribution < 1.29 is 18.4 Å². The molecule has 1 aliphatic carbocycles. The molecule has 1 aromatic carbocycles. The molecule has 3 aromatic rings. The van der Waals surface area contributed by atoms with E-state index in [-0.39, 0.29) is 12.2 Å². The third-order valence-electron chi connectivity index (χ3n) is 4.94. The van der Waals surface area contributed by atoms with Gasteiger partial charge in [0.1, 0.15) is 17.3 Å². The van der Waals surface area contributed by atoms with Crippen LogP contribution >= 0.6 is 0 Å². The summed E-state index contributed by atoms with van der Waals surface area (Å²) in [4.78, 5) is 4.13. The number of alkyl halides is 1. The van der Waals surface area contributed by atoms with Crippen LogP contribution in [0.25, 0.3) is 23.0 Å². The third kappa shape index (κ3) is 2.74. The van der Waals surface area contributed by atoms with Crippen molar-refractivity contribution in [3.63, 3.8) is 0 Å². The van der Waals surface area contributed by atoms with Gasteiger partial charge < -0.3 is 14.2 Å². The summed E-state index contributed by atoms with van der Waals surface area (Å²) in [6.07, 6.45) is 1.06. The number of halogens is 2. The molecule has 5 nitrogen and oxygen atoms in total. The fourth-order valence-electron chi connectivity index (χ4n) is 3.73. The molecule has 1 atom stereocenters. The van der Waals surface area contributed by atoms with E-state index < -0.39 is 12.0 Å². The van der Waals surface area contributed by atoms with Crippen LogP contribution in [0.4, 0.5) is 8.78 Å². The number of fused-ring (bicyclic) bond motifs is 1. The van der Waals surface area contributed by atoms with Gasteiger partial charge in [-0.3, -0.25) is 4.99 Å². The molecular weight excluding hydrogens is 364 g/mol. The highest BCUT2D eigenvalue weighted by Crippen LogP contribution is 2.41. The van der Waals surface area contributed by atoms with Gasteiger partial charge in [0.25, 0.3) is 0 Å². The molecule has 0 radical (unpaired) electrons. The lowest BCUT2D eigenvalue weighted by atomic mass is 9.97. The monoisotopic (exact) mass is 383 g/mol. The second-order valence-electron chi connectivity index (χ2n) is 6.76. The SMILES string of the molecule is CN=Cc1c2c(n(-c3ccc(O)cc3)c1-c1c(C)noc1C)CC(F)C(F)=C2. The number of rotatable bonds is 3. The number of aromatic hydroxyl groups is 1. The van der Waals surface area contributed by atoms with E-state index in [0.29, 0.717) is 39.7 Å². The van der Waals surface area contributed by atoms with Gasteiger partial charge in [-0.2, -0.15) is 0 Å². The minimum atomic E-state index is -1.71. The number of aryl methyl sites for hydroxylation is 2. The predicted octanol–water partition coefficient (Wildman–Crippen LogP) is 4.71. The van der Waals surface area contributed by atoms with Crippen LogP contribution in [-0.2, 0) is 6.42 Å². The maximum atomic E-state index is 14.3. The topological polar surface area (TPSA) is 63.5 Å². The number of aliphatic imine (C=N–C) groups is 1. The standard InChI is InChI=1S/C21H19F2N3O2/c1-11-20(12(2)28-25-11)21-16(10-24-3)15-8-17(22)18(23)9-19(15)26(21)13-4-6-14(27)7-5-13/h4-8,10,18,27H,9H2,1-3H3. The highest BCUT2D eigenvalue weighted by Gasteiger charge is 2.32. The third-order valence-corrected chi connectivity index (χ3v) is 4.94. The van der Waals surface area contributed by atoms with E-state index in [2.05, 4.69) is 10.1 Å². The second kappa shape index (κ2) is 6.74. The molecule has 7 heteroatoms. The van der Waals surface area contributed by atoms with Crippen molar-refractivity contribution in [3.05, 3.63) is 58.4 Å². The van der Waals surface area contributed by atoms with Crippen LogP contribution in [0.3, 0.4) is 0 Å². The molecular formula is C21H19F2N3O2. The van der Waals surface area contributed by atoms with Crippen molar-refractivity contribution in [1.29, 1.82) is 0 Å². The Balaban J connectivity index is 2.14. The van der Waals surface area contributed by atoms with Crippen molar-refractivity contribution in [1.82, 2.24) is 9.72 Å². The molecule has 2 heterocycles. The van der Waals surface area contributed by atoms with E-state index >= 15 is 0 Å². The Labute approximate surface area is 160 Å². The van der Waals surface area contributed by atoms with Crippen LogP contribution in [0.5, 0.6) is 5.75 Å². The molecule has 28 heavy (non-hydrogen) atoms. The highest BCUT2D eigenvalue weighted by atomic mass is 19.2. The lowest BCUT2D eigenvalue weighted by Crippen LogP contribution is -2.14. The van der Waals surface area contributed by atoms with Gasteiger partial charge in [-0.05, 0) is 44.2 Å². The van der Waals surface area contributed by atoms with Gasteiger partial charge in [-0.1, -0.05) is 5.16 Å². The Kier molecular flexibility index (Phi) is 4.37. The largest absolute Gasteiger partial charge is 0.508 e. The van der Waals surface area contributed by atoms with Crippen LogP contribution in [0.15, 0.2) is 39.6 Å². The van der Waals surface area contributed by atoms with Gasteiger partial charge >= 0.3 is 0 Å². The van der Waals surface area contributed by atoms with Gasteiger partial charge in [-0.15, -0.1) is 0 Å². The van der Waals surface area contributed by atoms with Crippen molar-refractivity contribution in [2.45, 2.75) is 26.4 Å². The Morgan fingerprint density at radius 3 is 2.61 bits per heavy atom. The maximum Gasteiger partial charge on any atom is 0.157 e. The van der Waals surface area contributed by atoms with Crippen LogP contribution in [0.2, 0.25) is 0 Å². The van der Waals surface area contributed by atoms with Gasteiger partial charge in [-0.25, -0.2) is 8.78 Å². The summed E-state index contributed by atoms with van der Waals surface area (Å²) in [7, 11) is 1.63. The van der Waals surface area contributed by atoms with Crippen LogP contribution in [0.1, 0.15) is 28.3 Å². The summed E-state index contributed by atoms with van der Waals surface area (Å²) in [6, 6.07) is 6.56. The summed E-state index contributed by atoms with van der Waals surface area (Å²) in [5.74, 6) is -0.0842. The Bertz CT molecular complexity index is 1090. The molecule has 0 saturated carbocycles. The van der Waals surface area contributed by atoms with E-state index in [1.807, 2.05) is 11.5 Å². The van der Waals surface area contributed by atoms with Crippen LogP contribution in [0, 0.1) is 13.8 Å². The summed E-state index contributed by atoms with van der Waals surface area (Å²) in [6.45, 7) is 3.62. The number of phenols is 1. The first-order valence-corrected chi connectivity index (χ1v) is 8.86. The van der Waals surface area contributed by atoms with Gasteiger partial charge in [0.2, 0.25) is 0 Å². The molecule has 1 aliphatic rings. The zero-order valence-corrected chi connectivity index (χ0v) is 15.7. The fraction of sp³-hybridized carbons (Fsp3) is 0.238. The molecule has 0 saturated heterocycles. The van der Waals surface area contributed by atoms with E-state index in [4.69, 9.17) is 4.52 Å². The number of nitrogens with zero attached hydrogens (tertiary/aromatic N) is 3. The number of hydrogen-bond acceptors (Lipinski definition) is 4. The molecule has 0 fully saturated rings. The zero-order chi connectivity index (χ0) is 20.0. The molecule has 2 aromatic heterocycles. The Morgan fingerprint density at radius 2 is 2.00 bits per heavy atom. The number of benzene rings is 1. The summed E-state index contributed by atoms with van der Waals surface area (Å²) < 4.78 is 35.6. The molecule has 0 spiro atoms. The molecule has 144 valence electrons. The molecule has 0 amide bonds. The second-order valence-corrected chi connectivity index (χ2v) is 6.76. The minimum absolute atomic E-state index is 0.105. The number of hydrogen-bond donors (Lipinski definition) is 1. The molecule has 0 aliphatic heterocycles. The molecule has 1 N–H and O–H groups in total. The first kappa shape index (κ1) is 18.2. The summed E-state index contributed by atoms with van der Waals surface area (Å²) >= 11 is 0. The lowest BCUT2D eigenvalue weighted by Gasteiger charge is -2.18. The average molecular weight is 383 g/mol.